The average Bonchev–Trinajstić information content (AvgIpc) is 2.48. The summed E-state index contributed by atoms with van der Waals surface area (Å²) >= 11 is 6.00. The van der Waals surface area contributed by atoms with Crippen LogP contribution in [0.15, 0.2) is 41.3 Å². The Morgan fingerprint density at radius 3 is 2.41 bits per heavy atom. The maximum Gasteiger partial charge on any atom is 0.262 e. The molecule has 5 nitrogen and oxygen atoms in total. The number of anilines is 1. The van der Waals surface area contributed by atoms with Gasteiger partial charge in [-0.05, 0) is 30.7 Å². The second-order valence-electron chi connectivity index (χ2n) is 4.85. The van der Waals surface area contributed by atoms with Gasteiger partial charge in [-0.25, -0.2) is 8.42 Å². The van der Waals surface area contributed by atoms with Gasteiger partial charge in [-0.1, -0.05) is 23.7 Å². The Kier molecular flexibility index (Phi) is 3.88. The summed E-state index contributed by atoms with van der Waals surface area (Å²) in [6.07, 6.45) is 0. The van der Waals surface area contributed by atoms with E-state index >= 15 is 0 Å². The minimum atomic E-state index is -3.77. The van der Waals surface area contributed by atoms with Gasteiger partial charge >= 0.3 is 0 Å². The van der Waals surface area contributed by atoms with E-state index in [1.165, 1.54) is 6.07 Å². The molecule has 0 atom stereocenters. The topological polar surface area (TPSA) is 64.6 Å². The monoisotopic (exact) mass is 339 g/mol. The molecule has 0 fully saturated rings. The van der Waals surface area contributed by atoms with Gasteiger partial charge in [0, 0.05) is 6.07 Å². The second-order valence-corrected chi connectivity index (χ2v) is 6.90. The van der Waals surface area contributed by atoms with Crippen LogP contribution in [0.2, 0.25) is 5.02 Å². The predicted octanol–water partition coefficient (Wildman–Crippen LogP) is 3.22. The third kappa shape index (κ3) is 2.84. The van der Waals surface area contributed by atoms with Crippen molar-refractivity contribution in [3.8, 4) is 11.5 Å². The summed E-state index contributed by atoms with van der Waals surface area (Å²) in [5, 5.41) is 0.335. The van der Waals surface area contributed by atoms with E-state index in [9.17, 15) is 8.42 Å². The van der Waals surface area contributed by atoms with Gasteiger partial charge in [0.15, 0.2) is 11.5 Å². The van der Waals surface area contributed by atoms with E-state index in [1.807, 2.05) is 0 Å². The highest BCUT2D eigenvalue weighted by molar-refractivity contribution is 7.92. The van der Waals surface area contributed by atoms with Crippen molar-refractivity contribution in [2.45, 2.75) is 11.8 Å². The predicted molar refractivity (Wildman–Crippen MR) is 84.4 cm³/mol. The Balaban J connectivity index is 2.00. The Labute approximate surface area is 133 Å². The third-order valence-corrected chi connectivity index (χ3v) is 5.08. The van der Waals surface area contributed by atoms with Gasteiger partial charge < -0.3 is 9.47 Å². The number of ether oxygens (including phenoxy) is 2. The van der Waals surface area contributed by atoms with Crippen LogP contribution in [0.3, 0.4) is 0 Å². The molecule has 2 aromatic rings. The van der Waals surface area contributed by atoms with Gasteiger partial charge in [-0.15, -0.1) is 0 Å². The van der Waals surface area contributed by atoms with Gasteiger partial charge in [0.05, 0.1) is 15.6 Å². The zero-order chi connectivity index (χ0) is 15.7. The molecule has 2 aromatic carbocycles. The van der Waals surface area contributed by atoms with Gasteiger partial charge in [-0.3, -0.25) is 4.72 Å². The van der Waals surface area contributed by atoms with Crippen LogP contribution in [0.5, 0.6) is 11.5 Å². The second kappa shape index (κ2) is 5.70. The normalized spacial score (nSPS) is 13.7. The molecule has 0 saturated heterocycles. The van der Waals surface area contributed by atoms with E-state index in [4.69, 9.17) is 21.1 Å². The van der Waals surface area contributed by atoms with E-state index in [0.29, 0.717) is 41.0 Å². The third-order valence-electron chi connectivity index (χ3n) is 3.25. The molecule has 1 N–H and O–H groups in total. The van der Waals surface area contributed by atoms with Crippen molar-refractivity contribution >= 4 is 27.3 Å². The Hall–Kier alpha value is -1.92. The molecule has 0 unspecified atom stereocenters. The Morgan fingerprint density at radius 1 is 1.09 bits per heavy atom. The van der Waals surface area contributed by atoms with Crippen LogP contribution in [0.25, 0.3) is 0 Å². The smallest absolute Gasteiger partial charge is 0.262 e. The molecule has 0 spiro atoms. The number of hydrogen-bond acceptors (Lipinski definition) is 4. The van der Waals surface area contributed by atoms with Crippen LogP contribution in [0.4, 0.5) is 5.69 Å². The number of sulfonamides is 1. The van der Waals surface area contributed by atoms with E-state index in [1.54, 1.807) is 37.3 Å². The molecular formula is C15H14ClNO4S. The number of nitrogens with one attached hydrogen (secondary N) is 1. The van der Waals surface area contributed by atoms with Crippen LogP contribution >= 0.6 is 11.6 Å². The van der Waals surface area contributed by atoms with Crippen LogP contribution in [-0.2, 0) is 10.0 Å². The molecule has 7 heteroatoms. The van der Waals surface area contributed by atoms with Crippen molar-refractivity contribution < 1.29 is 17.9 Å². The lowest BCUT2D eigenvalue weighted by atomic mass is 10.2. The van der Waals surface area contributed by atoms with Crippen molar-refractivity contribution in [3.63, 3.8) is 0 Å². The van der Waals surface area contributed by atoms with Crippen molar-refractivity contribution in [1.29, 1.82) is 0 Å². The van der Waals surface area contributed by atoms with Crippen LogP contribution in [0, 0.1) is 6.92 Å². The van der Waals surface area contributed by atoms with Crippen molar-refractivity contribution in [2.24, 2.45) is 0 Å². The fourth-order valence-electron chi connectivity index (χ4n) is 2.20. The molecule has 0 radical (unpaired) electrons. The molecule has 0 aliphatic carbocycles. The summed E-state index contributed by atoms with van der Waals surface area (Å²) in [6, 6.07) is 9.80. The van der Waals surface area contributed by atoms with E-state index < -0.39 is 10.0 Å². The standard InChI is InChI=1S/C15H14ClNO4S/c1-10-8-13-14(21-7-6-20-13)9-15(10)22(18,19)17-12-5-3-2-4-11(12)16/h2-5,8-9,17H,6-7H2,1H3. The molecule has 0 amide bonds. The number of halogens is 1. The summed E-state index contributed by atoms with van der Waals surface area (Å²) in [5.41, 5.74) is 0.905. The van der Waals surface area contributed by atoms with Crippen molar-refractivity contribution in [1.82, 2.24) is 0 Å². The quantitative estimate of drug-likeness (QED) is 0.932. The fraction of sp³-hybridized carbons (Fsp3) is 0.200. The summed E-state index contributed by atoms with van der Waals surface area (Å²) in [7, 11) is -3.77. The first-order valence-electron chi connectivity index (χ1n) is 6.65. The molecule has 0 saturated carbocycles. The molecular weight excluding hydrogens is 326 g/mol. The molecule has 1 aliphatic rings. The van der Waals surface area contributed by atoms with E-state index in [0.717, 1.165) is 0 Å². The van der Waals surface area contributed by atoms with Crippen LogP contribution in [-0.4, -0.2) is 21.6 Å². The summed E-state index contributed by atoms with van der Waals surface area (Å²) in [5.74, 6) is 0.983. The van der Waals surface area contributed by atoms with Crippen molar-refractivity contribution in [3.05, 3.63) is 47.0 Å². The molecule has 116 valence electrons. The first-order chi connectivity index (χ1) is 10.5. The summed E-state index contributed by atoms with van der Waals surface area (Å²) < 4.78 is 38.6. The molecule has 1 heterocycles. The van der Waals surface area contributed by atoms with Crippen LogP contribution in [0.1, 0.15) is 5.56 Å². The van der Waals surface area contributed by atoms with Gasteiger partial charge in [0.25, 0.3) is 10.0 Å². The molecule has 3 rings (SSSR count). The number of fused-ring (bicyclic) bond motifs is 1. The van der Waals surface area contributed by atoms with E-state index in [2.05, 4.69) is 4.72 Å². The molecule has 0 aromatic heterocycles. The first-order valence-corrected chi connectivity index (χ1v) is 8.51. The lowest BCUT2D eigenvalue weighted by Gasteiger charge is -2.20. The van der Waals surface area contributed by atoms with Gasteiger partial charge in [0.1, 0.15) is 13.2 Å². The van der Waals surface area contributed by atoms with Crippen molar-refractivity contribution in [2.75, 3.05) is 17.9 Å². The number of hydrogen-bond donors (Lipinski definition) is 1. The zero-order valence-electron chi connectivity index (χ0n) is 11.8. The molecule has 22 heavy (non-hydrogen) atoms. The maximum atomic E-state index is 12.6. The molecule has 1 aliphatic heterocycles. The largest absolute Gasteiger partial charge is 0.486 e. The summed E-state index contributed by atoms with van der Waals surface area (Å²) in [4.78, 5) is 0.136. The molecule has 0 bridgehead atoms. The highest BCUT2D eigenvalue weighted by atomic mass is 35.5. The van der Waals surface area contributed by atoms with Gasteiger partial charge in [0.2, 0.25) is 0 Å². The minimum absolute atomic E-state index is 0.136. The highest BCUT2D eigenvalue weighted by Gasteiger charge is 2.23. The maximum absolute atomic E-state index is 12.6. The average molecular weight is 340 g/mol. The summed E-state index contributed by atoms with van der Waals surface area (Å²) in [6.45, 7) is 2.56. The van der Waals surface area contributed by atoms with E-state index in [-0.39, 0.29) is 4.90 Å². The zero-order valence-corrected chi connectivity index (χ0v) is 13.4. The first kappa shape index (κ1) is 15.0. The lowest BCUT2D eigenvalue weighted by molar-refractivity contribution is 0.171. The minimum Gasteiger partial charge on any atom is -0.486 e. The number of benzene rings is 2. The fourth-order valence-corrected chi connectivity index (χ4v) is 3.77. The van der Waals surface area contributed by atoms with Crippen LogP contribution < -0.4 is 14.2 Å². The highest BCUT2D eigenvalue weighted by Crippen LogP contribution is 2.35. The number of rotatable bonds is 3. The van der Waals surface area contributed by atoms with Gasteiger partial charge in [-0.2, -0.15) is 0 Å². The Morgan fingerprint density at radius 2 is 1.73 bits per heavy atom. The number of aryl methyl sites for hydroxylation is 1. The lowest BCUT2D eigenvalue weighted by Crippen LogP contribution is -2.18. The SMILES string of the molecule is Cc1cc2c(cc1S(=O)(=O)Nc1ccccc1Cl)OCCO2. The number of para-hydroxylation sites is 1. The Bertz CT molecular complexity index is 820.